The third-order valence-corrected chi connectivity index (χ3v) is 6.70. The molecule has 0 saturated heterocycles. The molecule has 3 aromatic rings. The molecule has 0 N–H and O–H groups in total. The summed E-state index contributed by atoms with van der Waals surface area (Å²) in [4.78, 5) is 24.8. The van der Waals surface area contributed by atoms with Gasteiger partial charge in [0.1, 0.15) is 11.5 Å². The summed E-state index contributed by atoms with van der Waals surface area (Å²) in [5.74, 6) is 0.469. The van der Waals surface area contributed by atoms with Crippen molar-refractivity contribution in [2.75, 3.05) is 26.4 Å². The minimum Gasteiger partial charge on any atom is -0.481 e. The molecule has 0 aliphatic rings. The van der Waals surface area contributed by atoms with E-state index >= 15 is 0 Å². The van der Waals surface area contributed by atoms with Crippen molar-refractivity contribution in [3.8, 4) is 11.5 Å². The van der Waals surface area contributed by atoms with Crippen molar-refractivity contribution < 1.29 is 28.5 Å². The molecule has 0 heterocycles. The second kappa shape index (κ2) is 15.2. The highest BCUT2D eigenvalue weighted by atomic mass is 16.6. The van der Waals surface area contributed by atoms with Crippen LogP contribution in [0.15, 0.2) is 36.4 Å². The van der Waals surface area contributed by atoms with Gasteiger partial charge in [0.2, 0.25) is 0 Å². The maximum absolute atomic E-state index is 12.4. The van der Waals surface area contributed by atoms with Gasteiger partial charge >= 0.3 is 11.9 Å². The Morgan fingerprint density at radius 2 is 1.03 bits per heavy atom. The number of aryl methyl sites for hydroxylation is 2. The van der Waals surface area contributed by atoms with Crippen LogP contribution in [0.4, 0.5) is 0 Å². The van der Waals surface area contributed by atoms with Crippen LogP contribution >= 0.6 is 0 Å². The van der Waals surface area contributed by atoms with Crippen molar-refractivity contribution in [3.63, 3.8) is 0 Å². The Labute approximate surface area is 226 Å². The number of unbranched alkanes of at least 4 members (excludes halogenated alkanes) is 4. The molecule has 0 bridgehead atoms. The zero-order valence-electron chi connectivity index (χ0n) is 23.4. The van der Waals surface area contributed by atoms with Gasteiger partial charge in [0.25, 0.3) is 0 Å². The molecule has 0 spiro atoms. The van der Waals surface area contributed by atoms with E-state index < -0.39 is 0 Å². The van der Waals surface area contributed by atoms with Crippen LogP contribution < -0.4 is 9.47 Å². The second-order valence-electron chi connectivity index (χ2n) is 9.51. The lowest BCUT2D eigenvalue weighted by Gasteiger charge is -2.19. The number of esters is 2. The first kappa shape index (κ1) is 29.3. The van der Waals surface area contributed by atoms with Gasteiger partial charge in [-0.15, -0.1) is 0 Å². The topological polar surface area (TPSA) is 71.1 Å². The van der Waals surface area contributed by atoms with Gasteiger partial charge in [0.15, 0.2) is 13.2 Å². The summed E-state index contributed by atoms with van der Waals surface area (Å²) in [6.07, 6.45) is 7.61. The van der Waals surface area contributed by atoms with Gasteiger partial charge in [-0.1, -0.05) is 77.6 Å². The SMILES string of the molecule is CCCCCOC(=O)COc1c2ccccc2c(OCC(=O)OCCCCC)c2cc(CC)c(CC)cc12. The number of fused-ring (bicyclic) bond motifs is 2. The maximum atomic E-state index is 12.4. The minimum absolute atomic E-state index is 0.174. The maximum Gasteiger partial charge on any atom is 0.344 e. The monoisotopic (exact) mass is 522 g/mol. The predicted octanol–water partition coefficient (Wildman–Crippen LogP) is 7.34. The molecule has 0 unspecified atom stereocenters. The highest BCUT2D eigenvalue weighted by molar-refractivity contribution is 6.11. The molecule has 38 heavy (non-hydrogen) atoms. The third-order valence-electron chi connectivity index (χ3n) is 6.70. The van der Waals surface area contributed by atoms with Crippen LogP contribution in [0.25, 0.3) is 21.5 Å². The lowest BCUT2D eigenvalue weighted by molar-refractivity contribution is -0.147. The number of carbonyl (C=O) groups is 2. The molecule has 0 saturated carbocycles. The van der Waals surface area contributed by atoms with Gasteiger partial charge in [-0.05, 0) is 48.9 Å². The number of rotatable bonds is 16. The van der Waals surface area contributed by atoms with Crippen LogP contribution in [0, 0.1) is 0 Å². The minimum atomic E-state index is -0.384. The largest absolute Gasteiger partial charge is 0.481 e. The van der Waals surface area contributed by atoms with Crippen molar-refractivity contribution >= 4 is 33.5 Å². The Morgan fingerprint density at radius 3 is 1.39 bits per heavy atom. The molecule has 0 aromatic heterocycles. The summed E-state index contributed by atoms with van der Waals surface area (Å²) in [5.41, 5.74) is 2.42. The van der Waals surface area contributed by atoms with E-state index in [9.17, 15) is 9.59 Å². The van der Waals surface area contributed by atoms with Gasteiger partial charge in [0.05, 0.1) is 13.2 Å². The van der Waals surface area contributed by atoms with Crippen LogP contribution in [0.3, 0.4) is 0 Å². The summed E-state index contributed by atoms with van der Waals surface area (Å²) in [5, 5.41) is 3.33. The Morgan fingerprint density at radius 1 is 0.605 bits per heavy atom. The van der Waals surface area contributed by atoms with E-state index in [4.69, 9.17) is 18.9 Å². The van der Waals surface area contributed by atoms with E-state index in [0.29, 0.717) is 24.7 Å². The van der Waals surface area contributed by atoms with E-state index in [-0.39, 0.29) is 25.2 Å². The first-order valence-electron chi connectivity index (χ1n) is 14.1. The average Bonchev–Trinajstić information content (AvgIpc) is 2.94. The van der Waals surface area contributed by atoms with E-state index in [1.807, 2.05) is 24.3 Å². The van der Waals surface area contributed by atoms with Gasteiger partial charge in [0, 0.05) is 21.5 Å². The molecule has 0 atom stereocenters. The van der Waals surface area contributed by atoms with Gasteiger partial charge in [-0.2, -0.15) is 0 Å². The van der Waals surface area contributed by atoms with Gasteiger partial charge in [-0.3, -0.25) is 0 Å². The molecule has 0 aliphatic carbocycles. The predicted molar refractivity (Wildman–Crippen MR) is 152 cm³/mol. The lowest BCUT2D eigenvalue weighted by atomic mass is 9.93. The van der Waals surface area contributed by atoms with Crippen LogP contribution in [-0.4, -0.2) is 38.4 Å². The summed E-state index contributed by atoms with van der Waals surface area (Å²) < 4.78 is 23.1. The molecular formula is C32H42O6. The van der Waals surface area contributed by atoms with Crippen LogP contribution in [0.5, 0.6) is 11.5 Å². The number of ether oxygens (including phenoxy) is 4. The number of hydrogen-bond donors (Lipinski definition) is 0. The molecule has 0 amide bonds. The molecule has 3 aromatic carbocycles. The molecule has 0 aliphatic heterocycles. The standard InChI is InChI=1S/C32H42O6/c1-5-9-13-17-35-29(33)21-37-31-25-15-11-12-16-26(25)32(38-22-30(34)36-18-14-10-6-2)28-20-24(8-4)23(7-3)19-27(28)31/h11-12,15-16,19-20H,5-10,13-14,17-18,21-22H2,1-4H3. The average molecular weight is 523 g/mol. The lowest BCUT2D eigenvalue weighted by Crippen LogP contribution is -2.17. The van der Waals surface area contributed by atoms with Gasteiger partial charge in [-0.25, -0.2) is 9.59 Å². The van der Waals surface area contributed by atoms with Crippen molar-refractivity contribution in [1.29, 1.82) is 0 Å². The molecule has 6 heteroatoms. The first-order valence-corrected chi connectivity index (χ1v) is 14.1. The Balaban J connectivity index is 1.98. The Bertz CT molecular complexity index is 1120. The number of hydrogen-bond acceptors (Lipinski definition) is 6. The second-order valence-corrected chi connectivity index (χ2v) is 9.51. The fraction of sp³-hybridized carbons (Fsp3) is 0.500. The molecule has 206 valence electrons. The Kier molecular flexibility index (Phi) is 11.7. The normalized spacial score (nSPS) is 11.1. The van der Waals surface area contributed by atoms with E-state index in [1.165, 1.54) is 11.1 Å². The molecular weight excluding hydrogens is 480 g/mol. The highest BCUT2D eigenvalue weighted by Crippen LogP contribution is 2.44. The molecule has 3 rings (SSSR count). The van der Waals surface area contributed by atoms with E-state index in [1.54, 1.807) is 0 Å². The third kappa shape index (κ3) is 7.62. The quantitative estimate of drug-likeness (QED) is 0.111. The van der Waals surface area contributed by atoms with E-state index in [0.717, 1.165) is 72.9 Å². The van der Waals surface area contributed by atoms with Crippen LogP contribution in [0.1, 0.15) is 77.3 Å². The molecule has 0 fully saturated rings. The fourth-order valence-electron chi connectivity index (χ4n) is 4.63. The molecule has 6 nitrogen and oxygen atoms in total. The van der Waals surface area contributed by atoms with Gasteiger partial charge < -0.3 is 18.9 Å². The molecule has 0 radical (unpaired) electrons. The number of carbonyl (C=O) groups excluding carboxylic acids is 2. The number of benzene rings is 3. The Hall–Kier alpha value is -3.28. The van der Waals surface area contributed by atoms with Crippen LogP contribution in [0.2, 0.25) is 0 Å². The van der Waals surface area contributed by atoms with Crippen molar-refractivity contribution in [2.24, 2.45) is 0 Å². The van der Waals surface area contributed by atoms with Crippen LogP contribution in [-0.2, 0) is 31.9 Å². The zero-order valence-corrected chi connectivity index (χ0v) is 23.4. The smallest absolute Gasteiger partial charge is 0.344 e. The zero-order chi connectivity index (χ0) is 27.3. The highest BCUT2D eigenvalue weighted by Gasteiger charge is 2.20. The summed E-state index contributed by atoms with van der Waals surface area (Å²) in [6.45, 7) is 8.93. The van der Waals surface area contributed by atoms with Crippen molar-refractivity contribution in [3.05, 3.63) is 47.5 Å². The van der Waals surface area contributed by atoms with Crippen molar-refractivity contribution in [2.45, 2.75) is 79.1 Å². The summed E-state index contributed by atoms with van der Waals surface area (Å²) in [7, 11) is 0. The van der Waals surface area contributed by atoms with E-state index in [2.05, 4.69) is 39.8 Å². The van der Waals surface area contributed by atoms with Crippen molar-refractivity contribution in [1.82, 2.24) is 0 Å². The summed E-state index contributed by atoms with van der Waals surface area (Å²) in [6, 6.07) is 12.0. The first-order chi connectivity index (χ1) is 18.5. The summed E-state index contributed by atoms with van der Waals surface area (Å²) >= 11 is 0. The fourth-order valence-corrected chi connectivity index (χ4v) is 4.63.